The highest BCUT2D eigenvalue weighted by atomic mass is 15.2. The number of hydrogen-bond acceptors (Lipinski definition) is 2. The summed E-state index contributed by atoms with van der Waals surface area (Å²) >= 11 is 0. The van der Waals surface area contributed by atoms with Crippen LogP contribution < -0.4 is 11.3 Å². The average molecular weight is 190 g/mol. The molecule has 2 rings (SSSR count). The number of benzene rings is 1. The second-order valence-corrected chi connectivity index (χ2v) is 4.61. The SMILES string of the molecule is Cc1ccccc1C(NN)C1(C)CC1. The van der Waals surface area contributed by atoms with E-state index in [0.717, 1.165) is 0 Å². The van der Waals surface area contributed by atoms with Gasteiger partial charge in [-0.3, -0.25) is 11.3 Å². The molecule has 2 nitrogen and oxygen atoms in total. The Kier molecular flexibility index (Phi) is 2.33. The molecule has 76 valence electrons. The molecule has 1 unspecified atom stereocenters. The van der Waals surface area contributed by atoms with Gasteiger partial charge >= 0.3 is 0 Å². The van der Waals surface area contributed by atoms with Gasteiger partial charge in [-0.05, 0) is 36.3 Å². The van der Waals surface area contributed by atoms with Crippen molar-refractivity contribution in [2.45, 2.75) is 32.7 Å². The van der Waals surface area contributed by atoms with Crippen LogP contribution in [0, 0.1) is 12.3 Å². The van der Waals surface area contributed by atoms with Gasteiger partial charge in [0.25, 0.3) is 0 Å². The highest BCUT2D eigenvalue weighted by Gasteiger charge is 2.45. The quantitative estimate of drug-likeness (QED) is 0.567. The highest BCUT2D eigenvalue weighted by molar-refractivity contribution is 5.31. The van der Waals surface area contributed by atoms with Crippen LogP contribution in [-0.2, 0) is 0 Å². The van der Waals surface area contributed by atoms with E-state index in [0.29, 0.717) is 11.5 Å². The minimum Gasteiger partial charge on any atom is -0.271 e. The van der Waals surface area contributed by atoms with Crippen molar-refractivity contribution in [1.82, 2.24) is 5.43 Å². The zero-order valence-corrected chi connectivity index (χ0v) is 8.88. The predicted octanol–water partition coefficient (Wildman–Crippen LogP) is 2.30. The second-order valence-electron chi connectivity index (χ2n) is 4.61. The Labute approximate surface area is 85.5 Å². The fourth-order valence-electron chi connectivity index (χ4n) is 2.06. The average Bonchev–Trinajstić information content (AvgIpc) is 2.89. The molecule has 1 aliphatic carbocycles. The Morgan fingerprint density at radius 3 is 2.50 bits per heavy atom. The third-order valence-corrected chi connectivity index (χ3v) is 3.40. The van der Waals surface area contributed by atoms with E-state index in [1.807, 2.05) is 0 Å². The van der Waals surface area contributed by atoms with Gasteiger partial charge in [0.05, 0.1) is 6.04 Å². The minimum atomic E-state index is 0.309. The first kappa shape index (κ1) is 9.69. The molecule has 1 saturated carbocycles. The summed E-state index contributed by atoms with van der Waals surface area (Å²) in [7, 11) is 0. The van der Waals surface area contributed by atoms with Crippen LogP contribution in [0.25, 0.3) is 0 Å². The number of hydrogen-bond donors (Lipinski definition) is 2. The summed E-state index contributed by atoms with van der Waals surface area (Å²) in [5.41, 5.74) is 6.00. The van der Waals surface area contributed by atoms with E-state index >= 15 is 0 Å². The van der Waals surface area contributed by atoms with Crippen LogP contribution in [-0.4, -0.2) is 0 Å². The third-order valence-electron chi connectivity index (χ3n) is 3.40. The molecule has 0 heterocycles. The topological polar surface area (TPSA) is 38.0 Å². The fourth-order valence-corrected chi connectivity index (χ4v) is 2.06. The van der Waals surface area contributed by atoms with Crippen LogP contribution in [0.1, 0.15) is 36.9 Å². The summed E-state index contributed by atoms with van der Waals surface area (Å²) in [6.07, 6.45) is 2.55. The molecule has 0 saturated heterocycles. The van der Waals surface area contributed by atoms with Gasteiger partial charge in [0.2, 0.25) is 0 Å². The lowest BCUT2D eigenvalue weighted by atomic mass is 9.90. The Morgan fingerprint density at radius 1 is 1.36 bits per heavy atom. The van der Waals surface area contributed by atoms with Crippen molar-refractivity contribution in [3.05, 3.63) is 35.4 Å². The number of rotatable bonds is 3. The molecular formula is C12H18N2. The minimum absolute atomic E-state index is 0.309. The van der Waals surface area contributed by atoms with Crippen LogP contribution in [0.3, 0.4) is 0 Å². The van der Waals surface area contributed by atoms with E-state index in [1.165, 1.54) is 24.0 Å². The van der Waals surface area contributed by atoms with Crippen LogP contribution in [0.5, 0.6) is 0 Å². The summed E-state index contributed by atoms with van der Waals surface area (Å²) in [6, 6.07) is 8.78. The monoisotopic (exact) mass is 190 g/mol. The summed E-state index contributed by atoms with van der Waals surface area (Å²) < 4.78 is 0. The van der Waals surface area contributed by atoms with Crippen molar-refractivity contribution >= 4 is 0 Å². The van der Waals surface area contributed by atoms with Gasteiger partial charge in [0.15, 0.2) is 0 Å². The number of nitrogens with two attached hydrogens (primary N) is 1. The molecule has 1 atom stereocenters. The largest absolute Gasteiger partial charge is 0.271 e. The van der Waals surface area contributed by atoms with Crippen molar-refractivity contribution in [1.29, 1.82) is 0 Å². The maximum Gasteiger partial charge on any atom is 0.0516 e. The van der Waals surface area contributed by atoms with E-state index in [2.05, 4.69) is 43.5 Å². The van der Waals surface area contributed by atoms with E-state index in [-0.39, 0.29) is 0 Å². The van der Waals surface area contributed by atoms with Gasteiger partial charge in [-0.15, -0.1) is 0 Å². The van der Waals surface area contributed by atoms with Crippen LogP contribution in [0.4, 0.5) is 0 Å². The van der Waals surface area contributed by atoms with E-state index in [4.69, 9.17) is 5.84 Å². The van der Waals surface area contributed by atoms with Crippen LogP contribution >= 0.6 is 0 Å². The lowest BCUT2D eigenvalue weighted by Gasteiger charge is -2.24. The molecule has 0 aromatic heterocycles. The molecule has 0 aliphatic heterocycles. The summed E-state index contributed by atoms with van der Waals surface area (Å²) in [4.78, 5) is 0. The number of nitrogens with one attached hydrogen (secondary N) is 1. The molecule has 3 N–H and O–H groups in total. The van der Waals surface area contributed by atoms with Gasteiger partial charge in [0, 0.05) is 0 Å². The molecule has 0 spiro atoms. The molecular weight excluding hydrogens is 172 g/mol. The molecule has 2 heteroatoms. The third kappa shape index (κ3) is 1.56. The lowest BCUT2D eigenvalue weighted by molar-refractivity contribution is 0.371. The molecule has 1 aromatic carbocycles. The Morgan fingerprint density at radius 2 is 2.00 bits per heavy atom. The molecule has 0 radical (unpaired) electrons. The molecule has 0 bridgehead atoms. The molecule has 1 fully saturated rings. The molecule has 1 aromatic rings. The normalized spacial score (nSPS) is 20.5. The van der Waals surface area contributed by atoms with Gasteiger partial charge in [0.1, 0.15) is 0 Å². The Balaban J connectivity index is 2.32. The molecule has 1 aliphatic rings. The van der Waals surface area contributed by atoms with Gasteiger partial charge in [-0.1, -0.05) is 31.2 Å². The van der Waals surface area contributed by atoms with Gasteiger partial charge in [-0.2, -0.15) is 0 Å². The van der Waals surface area contributed by atoms with Crippen molar-refractivity contribution < 1.29 is 0 Å². The van der Waals surface area contributed by atoms with Crippen molar-refractivity contribution in [3.8, 4) is 0 Å². The van der Waals surface area contributed by atoms with Gasteiger partial charge in [-0.25, -0.2) is 0 Å². The number of hydrazine groups is 1. The Bertz CT molecular complexity index is 329. The standard InChI is InChI=1S/C12H18N2/c1-9-5-3-4-6-10(9)11(14-13)12(2)7-8-12/h3-6,11,14H,7-8,13H2,1-2H3. The maximum absolute atomic E-state index is 5.65. The Hall–Kier alpha value is -0.860. The van der Waals surface area contributed by atoms with Crippen molar-refractivity contribution in [2.75, 3.05) is 0 Å². The summed E-state index contributed by atoms with van der Waals surface area (Å²) in [5.74, 6) is 5.65. The van der Waals surface area contributed by atoms with Crippen LogP contribution in [0.2, 0.25) is 0 Å². The lowest BCUT2D eigenvalue weighted by Crippen LogP contribution is -2.33. The van der Waals surface area contributed by atoms with E-state index in [1.54, 1.807) is 0 Å². The highest BCUT2D eigenvalue weighted by Crippen LogP contribution is 2.54. The van der Waals surface area contributed by atoms with E-state index in [9.17, 15) is 0 Å². The van der Waals surface area contributed by atoms with Gasteiger partial charge < -0.3 is 0 Å². The first-order valence-electron chi connectivity index (χ1n) is 5.19. The van der Waals surface area contributed by atoms with Crippen molar-refractivity contribution in [2.24, 2.45) is 11.3 Å². The predicted molar refractivity (Wildman–Crippen MR) is 58.6 cm³/mol. The second kappa shape index (κ2) is 3.37. The zero-order chi connectivity index (χ0) is 10.2. The van der Waals surface area contributed by atoms with Crippen LogP contribution in [0.15, 0.2) is 24.3 Å². The van der Waals surface area contributed by atoms with Crippen molar-refractivity contribution in [3.63, 3.8) is 0 Å². The molecule has 14 heavy (non-hydrogen) atoms. The first-order chi connectivity index (χ1) is 6.67. The smallest absolute Gasteiger partial charge is 0.0516 e. The number of aryl methyl sites for hydroxylation is 1. The first-order valence-corrected chi connectivity index (χ1v) is 5.19. The fraction of sp³-hybridized carbons (Fsp3) is 0.500. The zero-order valence-electron chi connectivity index (χ0n) is 8.88. The summed E-state index contributed by atoms with van der Waals surface area (Å²) in [5, 5.41) is 0. The van der Waals surface area contributed by atoms with E-state index < -0.39 is 0 Å². The maximum atomic E-state index is 5.65. The summed E-state index contributed by atoms with van der Waals surface area (Å²) in [6.45, 7) is 4.44. The molecule has 0 amide bonds.